The Balaban J connectivity index is 1.32. The van der Waals surface area contributed by atoms with Crippen molar-refractivity contribution in [1.82, 2.24) is 10.4 Å². The maximum absolute atomic E-state index is 14.0. The number of aliphatic hydroxyl groups excluding tert-OH is 2. The summed E-state index contributed by atoms with van der Waals surface area (Å²) >= 11 is 0. The van der Waals surface area contributed by atoms with E-state index < -0.39 is 24.2 Å². The molecule has 9 heteroatoms. The molecule has 6 aliphatic rings. The highest BCUT2D eigenvalue weighted by Crippen LogP contribution is 2.61. The van der Waals surface area contributed by atoms with Gasteiger partial charge in [0, 0.05) is 43.4 Å². The van der Waals surface area contributed by atoms with Gasteiger partial charge in [-0.3, -0.25) is 9.63 Å². The van der Waals surface area contributed by atoms with Crippen molar-refractivity contribution in [1.29, 1.82) is 0 Å². The molecule has 42 heavy (non-hydrogen) atoms. The van der Waals surface area contributed by atoms with Crippen LogP contribution in [0.1, 0.15) is 79.1 Å². The number of aliphatic hydroxyl groups is 2. The quantitative estimate of drug-likeness (QED) is 0.332. The molecule has 6 fully saturated rings. The number of ether oxygens (including phenoxy) is 1. The summed E-state index contributed by atoms with van der Waals surface area (Å²) in [5, 5.41) is 26.1. The van der Waals surface area contributed by atoms with Crippen molar-refractivity contribution in [3.05, 3.63) is 0 Å². The van der Waals surface area contributed by atoms with Crippen LogP contribution in [0.5, 0.6) is 0 Å². The molecule has 0 spiro atoms. The van der Waals surface area contributed by atoms with Crippen LogP contribution in [0.15, 0.2) is 0 Å². The minimum absolute atomic E-state index is 0.0736. The Bertz CT molecular complexity index is 958. The third-order valence-electron chi connectivity index (χ3n) is 12.6. The minimum Gasteiger partial charge on any atom is -0.394 e. The molecule has 13 atom stereocenters. The molecule has 1 aliphatic heterocycles. The molecular weight excluding hydrogens is 536 g/mol. The van der Waals surface area contributed by atoms with Crippen LogP contribution in [0.25, 0.3) is 0 Å². The van der Waals surface area contributed by atoms with E-state index in [2.05, 4.69) is 26.1 Å². The second-order valence-electron chi connectivity index (χ2n) is 15.1. The first-order chi connectivity index (χ1) is 20.0. The zero-order valence-electron chi connectivity index (χ0n) is 26.2. The van der Waals surface area contributed by atoms with Crippen molar-refractivity contribution in [2.75, 3.05) is 20.3 Å². The highest BCUT2D eigenvalue weighted by atomic mass is 16.7. The summed E-state index contributed by atoms with van der Waals surface area (Å²) in [6.07, 6.45) is 7.70. The van der Waals surface area contributed by atoms with Crippen LogP contribution in [0, 0.1) is 58.7 Å². The van der Waals surface area contributed by atoms with Crippen LogP contribution in [-0.4, -0.2) is 84.4 Å². The van der Waals surface area contributed by atoms with Gasteiger partial charge in [-0.15, -0.1) is 0 Å². The largest absolute Gasteiger partial charge is 0.394 e. The van der Waals surface area contributed by atoms with Crippen molar-refractivity contribution >= 4 is 18.5 Å². The molecule has 9 nitrogen and oxygen atoms in total. The van der Waals surface area contributed by atoms with Gasteiger partial charge in [-0.2, -0.15) is 5.06 Å². The van der Waals surface area contributed by atoms with Gasteiger partial charge >= 0.3 is 0 Å². The van der Waals surface area contributed by atoms with Gasteiger partial charge in [0.1, 0.15) is 24.7 Å². The van der Waals surface area contributed by atoms with E-state index in [0.29, 0.717) is 36.1 Å². The zero-order valence-corrected chi connectivity index (χ0v) is 26.2. The summed E-state index contributed by atoms with van der Waals surface area (Å²) in [4.78, 5) is 43.7. The van der Waals surface area contributed by atoms with Crippen molar-refractivity contribution in [2.45, 2.75) is 109 Å². The lowest BCUT2D eigenvalue weighted by atomic mass is 9.45. The smallest absolute Gasteiger partial charge is 0.240 e. The molecular formula is C33H54N2O7. The maximum Gasteiger partial charge on any atom is 0.240 e. The van der Waals surface area contributed by atoms with Gasteiger partial charge in [0.2, 0.25) is 5.91 Å². The first kappa shape index (κ1) is 32.0. The third kappa shape index (κ3) is 5.85. The first-order valence-electron chi connectivity index (χ1n) is 16.5. The highest BCUT2D eigenvalue weighted by Gasteiger charge is 2.57. The standard InChI is InChI=1S/C33H54N2O7/c1-18-26-12-24(33(26,3)4)13-27(18)34-32(40)30-29(19(2)39)28(17-38)42-35(30)14-22-7-6-8-25(31(22)41-5)23-10-20(15-36)9-21(11-23)16-37/h15-16,18-31,38-39H,6-14,17H2,1-5H3,(H,34,40)/t18-,19-,20?,21?,22?,23?,24+,25?,26-,27-,28-,29-,30-,31?/m0/s1. The van der Waals surface area contributed by atoms with Crippen molar-refractivity contribution in [2.24, 2.45) is 58.7 Å². The van der Waals surface area contributed by atoms with Gasteiger partial charge < -0.3 is 29.9 Å². The molecule has 1 amide bonds. The Kier molecular flexibility index (Phi) is 9.85. The number of fused-ring (bicyclic) bond motifs is 2. The van der Waals surface area contributed by atoms with Crippen LogP contribution in [-0.2, 0) is 24.0 Å². The van der Waals surface area contributed by atoms with E-state index in [9.17, 15) is 24.6 Å². The van der Waals surface area contributed by atoms with Gasteiger partial charge in [-0.25, -0.2) is 0 Å². The minimum atomic E-state index is -0.834. The lowest BCUT2D eigenvalue weighted by molar-refractivity contribution is -0.193. The number of methoxy groups -OCH3 is 1. The Morgan fingerprint density at radius 3 is 2.36 bits per heavy atom. The van der Waals surface area contributed by atoms with Crippen molar-refractivity contribution in [3.63, 3.8) is 0 Å². The van der Waals surface area contributed by atoms with Gasteiger partial charge in [0.15, 0.2) is 0 Å². The van der Waals surface area contributed by atoms with E-state index in [4.69, 9.17) is 9.57 Å². The van der Waals surface area contributed by atoms with E-state index >= 15 is 0 Å². The predicted molar refractivity (Wildman–Crippen MR) is 157 cm³/mol. The number of carbonyl (C=O) groups is 3. The molecule has 3 N–H and O–H groups in total. The van der Waals surface area contributed by atoms with Crippen LogP contribution >= 0.6 is 0 Å². The number of hydrogen-bond donors (Lipinski definition) is 3. The fourth-order valence-electron chi connectivity index (χ4n) is 10.1. The fourth-order valence-corrected chi connectivity index (χ4v) is 10.1. The van der Waals surface area contributed by atoms with Gasteiger partial charge in [-0.05, 0) is 86.9 Å². The average molecular weight is 591 g/mol. The van der Waals surface area contributed by atoms with Crippen LogP contribution in [0.2, 0.25) is 0 Å². The van der Waals surface area contributed by atoms with E-state index in [1.807, 2.05) is 0 Å². The molecule has 1 heterocycles. The molecule has 5 aliphatic carbocycles. The second-order valence-corrected chi connectivity index (χ2v) is 15.1. The van der Waals surface area contributed by atoms with Crippen molar-refractivity contribution in [3.8, 4) is 0 Å². The van der Waals surface area contributed by atoms with Gasteiger partial charge in [0.05, 0.1) is 18.8 Å². The third-order valence-corrected chi connectivity index (χ3v) is 12.6. The molecule has 6 rings (SSSR count). The molecule has 1 saturated heterocycles. The maximum atomic E-state index is 14.0. The average Bonchev–Trinajstić information content (AvgIpc) is 3.36. The number of nitrogens with zero attached hydrogens (tertiary/aromatic N) is 1. The molecule has 0 aromatic heterocycles. The number of nitrogens with one attached hydrogen (secondary N) is 1. The Morgan fingerprint density at radius 2 is 1.81 bits per heavy atom. The van der Waals surface area contributed by atoms with Gasteiger partial charge in [-0.1, -0.05) is 27.2 Å². The molecule has 2 bridgehead atoms. The lowest BCUT2D eigenvalue weighted by Crippen LogP contribution is -2.62. The number of rotatable bonds is 10. The molecule has 0 radical (unpaired) electrons. The predicted octanol–water partition coefficient (Wildman–Crippen LogP) is 3.01. The molecule has 0 aromatic carbocycles. The molecule has 5 saturated carbocycles. The van der Waals surface area contributed by atoms with E-state index in [-0.39, 0.29) is 54.2 Å². The van der Waals surface area contributed by atoms with Crippen LogP contribution < -0.4 is 5.32 Å². The Hall–Kier alpha value is -1.39. The van der Waals surface area contributed by atoms with Crippen molar-refractivity contribution < 1.29 is 34.2 Å². The Morgan fingerprint density at radius 1 is 1.12 bits per heavy atom. The number of hydrogen-bond acceptors (Lipinski definition) is 8. The topological polar surface area (TPSA) is 125 Å². The summed E-state index contributed by atoms with van der Waals surface area (Å²) in [5.41, 5.74) is 0.315. The fraction of sp³-hybridized carbons (Fsp3) is 0.909. The van der Waals surface area contributed by atoms with E-state index in [1.165, 1.54) is 6.42 Å². The molecule has 5 unspecified atom stereocenters. The number of hydroxylamine groups is 2. The normalized spacial score (nSPS) is 45.9. The summed E-state index contributed by atoms with van der Waals surface area (Å²) in [6.45, 7) is 8.78. The second kappa shape index (κ2) is 12.9. The lowest BCUT2D eigenvalue weighted by Gasteiger charge is -2.62. The zero-order chi connectivity index (χ0) is 30.3. The SMILES string of the molecule is COC1C(CN2O[C@@H](CO)[C@H]([C@H](C)O)[C@H]2C(=O)N[C@H]2C[C@H]3C[C@@H]([C@@H]2C)C3(C)C)CCCC1C1CC(C=O)CC(C=O)C1. The van der Waals surface area contributed by atoms with Gasteiger partial charge in [0.25, 0.3) is 0 Å². The Labute approximate surface area is 251 Å². The number of amides is 1. The van der Waals surface area contributed by atoms with E-state index in [0.717, 1.165) is 51.1 Å². The summed E-state index contributed by atoms with van der Waals surface area (Å²) in [7, 11) is 1.73. The molecule has 238 valence electrons. The van der Waals surface area contributed by atoms with Crippen LogP contribution in [0.3, 0.4) is 0 Å². The summed E-state index contributed by atoms with van der Waals surface area (Å²) in [5.74, 6) is 1.22. The highest BCUT2D eigenvalue weighted by molar-refractivity contribution is 5.82. The number of aldehydes is 2. The number of carbonyl (C=O) groups excluding carboxylic acids is 3. The van der Waals surface area contributed by atoms with E-state index in [1.54, 1.807) is 19.1 Å². The first-order valence-corrected chi connectivity index (χ1v) is 16.5. The summed E-state index contributed by atoms with van der Waals surface area (Å²) < 4.78 is 6.15. The summed E-state index contributed by atoms with van der Waals surface area (Å²) in [6, 6.07) is -0.625. The van der Waals surface area contributed by atoms with Crippen LogP contribution in [0.4, 0.5) is 0 Å². The molecule has 0 aromatic rings. The monoisotopic (exact) mass is 590 g/mol.